The summed E-state index contributed by atoms with van der Waals surface area (Å²) < 4.78 is 19.2. The first-order valence-corrected chi connectivity index (χ1v) is 8.75. The van der Waals surface area contributed by atoms with Gasteiger partial charge in [0, 0.05) is 0 Å². The Bertz CT molecular complexity index is 452. The summed E-state index contributed by atoms with van der Waals surface area (Å²) in [5, 5.41) is 11.0. The molecule has 0 spiro atoms. The van der Waals surface area contributed by atoms with Crippen LogP contribution in [0.5, 0.6) is 0 Å². The van der Waals surface area contributed by atoms with Crippen LogP contribution in [-0.4, -0.2) is 14.0 Å². The Morgan fingerprint density at radius 2 is 2.11 bits per heavy atom. The van der Waals surface area contributed by atoms with Gasteiger partial charge in [0.25, 0.3) is 0 Å². The standard InChI is InChI=1S/C13H19FNO3Si/c1-4-5-6-10-7-8-12(14)13(15(16)17)11(10)9-18-19(2)3/h7-8H,4-6,9H2,1-3H3. The zero-order valence-corrected chi connectivity index (χ0v) is 12.5. The summed E-state index contributed by atoms with van der Waals surface area (Å²) in [5.41, 5.74) is 0.778. The summed E-state index contributed by atoms with van der Waals surface area (Å²) >= 11 is 0. The van der Waals surface area contributed by atoms with Crippen LogP contribution in [-0.2, 0) is 17.5 Å². The third-order valence-electron chi connectivity index (χ3n) is 2.82. The highest BCUT2D eigenvalue weighted by molar-refractivity contribution is 6.48. The second-order valence-corrected chi connectivity index (χ2v) is 6.70. The lowest BCUT2D eigenvalue weighted by Crippen LogP contribution is -2.11. The summed E-state index contributed by atoms with van der Waals surface area (Å²) in [5.74, 6) is -0.787. The molecule has 6 heteroatoms. The number of unbranched alkanes of at least 4 members (excludes halogenated alkanes) is 1. The molecule has 0 aliphatic heterocycles. The van der Waals surface area contributed by atoms with Crippen LogP contribution in [0.2, 0.25) is 13.1 Å². The highest BCUT2D eigenvalue weighted by Gasteiger charge is 2.23. The molecule has 0 amide bonds. The molecule has 0 bridgehead atoms. The predicted octanol–water partition coefficient (Wildman–Crippen LogP) is 3.84. The maximum atomic E-state index is 13.6. The molecule has 4 nitrogen and oxygen atoms in total. The molecule has 0 fully saturated rings. The van der Waals surface area contributed by atoms with E-state index in [2.05, 4.69) is 0 Å². The second-order valence-electron chi connectivity index (χ2n) is 4.59. The van der Waals surface area contributed by atoms with Gasteiger partial charge in [0.15, 0.2) is 0 Å². The second kappa shape index (κ2) is 7.35. The van der Waals surface area contributed by atoms with Crippen LogP contribution in [0.15, 0.2) is 12.1 Å². The van der Waals surface area contributed by atoms with Gasteiger partial charge in [-0.15, -0.1) is 0 Å². The lowest BCUT2D eigenvalue weighted by atomic mass is 10.0. The van der Waals surface area contributed by atoms with Crippen LogP contribution in [0.3, 0.4) is 0 Å². The molecule has 19 heavy (non-hydrogen) atoms. The number of aryl methyl sites for hydroxylation is 1. The predicted molar refractivity (Wildman–Crippen MR) is 73.9 cm³/mol. The summed E-state index contributed by atoms with van der Waals surface area (Å²) in [6.45, 7) is 6.06. The van der Waals surface area contributed by atoms with E-state index in [1.54, 1.807) is 6.07 Å². The van der Waals surface area contributed by atoms with Crippen molar-refractivity contribution in [2.75, 3.05) is 0 Å². The zero-order chi connectivity index (χ0) is 14.4. The smallest absolute Gasteiger partial charge is 0.310 e. The van der Waals surface area contributed by atoms with Gasteiger partial charge in [0.1, 0.15) is 0 Å². The van der Waals surface area contributed by atoms with Crippen molar-refractivity contribution in [2.45, 2.75) is 45.9 Å². The van der Waals surface area contributed by atoms with E-state index in [-0.39, 0.29) is 6.61 Å². The maximum Gasteiger partial charge on any atom is 0.310 e. The van der Waals surface area contributed by atoms with Crippen molar-refractivity contribution in [3.05, 3.63) is 39.2 Å². The normalized spacial score (nSPS) is 11.0. The van der Waals surface area contributed by atoms with Gasteiger partial charge in [-0.25, -0.2) is 0 Å². The minimum absolute atomic E-state index is 0.119. The van der Waals surface area contributed by atoms with Crippen LogP contribution >= 0.6 is 0 Å². The fraction of sp³-hybridized carbons (Fsp3) is 0.538. The number of hydrogen-bond acceptors (Lipinski definition) is 3. The monoisotopic (exact) mass is 284 g/mol. The van der Waals surface area contributed by atoms with Crippen molar-refractivity contribution in [3.63, 3.8) is 0 Å². The van der Waals surface area contributed by atoms with Crippen LogP contribution < -0.4 is 0 Å². The Morgan fingerprint density at radius 3 is 2.63 bits per heavy atom. The van der Waals surface area contributed by atoms with E-state index in [0.29, 0.717) is 12.0 Å². The van der Waals surface area contributed by atoms with Crippen molar-refractivity contribution in [3.8, 4) is 0 Å². The molecule has 0 saturated heterocycles. The molecule has 0 aliphatic carbocycles. The number of nitro benzene ring substituents is 1. The van der Waals surface area contributed by atoms with Gasteiger partial charge in [-0.3, -0.25) is 10.1 Å². The first kappa shape index (κ1) is 15.8. The Kier molecular flexibility index (Phi) is 6.10. The van der Waals surface area contributed by atoms with Gasteiger partial charge in [-0.1, -0.05) is 19.4 Å². The molecule has 0 atom stereocenters. The molecule has 0 unspecified atom stereocenters. The van der Waals surface area contributed by atoms with Gasteiger partial charge >= 0.3 is 5.69 Å². The van der Waals surface area contributed by atoms with Gasteiger partial charge in [-0.05, 0) is 37.6 Å². The van der Waals surface area contributed by atoms with E-state index in [4.69, 9.17) is 4.43 Å². The van der Waals surface area contributed by atoms with Crippen LogP contribution in [0.25, 0.3) is 0 Å². The molecular weight excluding hydrogens is 265 g/mol. The molecule has 0 heterocycles. The molecule has 1 aromatic rings. The quantitative estimate of drug-likeness (QED) is 0.434. The average molecular weight is 284 g/mol. The number of hydrogen-bond donors (Lipinski definition) is 0. The van der Waals surface area contributed by atoms with Crippen LogP contribution in [0.4, 0.5) is 10.1 Å². The van der Waals surface area contributed by atoms with Crippen molar-refractivity contribution >= 4 is 14.7 Å². The van der Waals surface area contributed by atoms with E-state index < -0.39 is 25.5 Å². The minimum Gasteiger partial charge on any atom is -0.413 e. The van der Waals surface area contributed by atoms with Gasteiger partial charge in [0.05, 0.1) is 17.1 Å². The maximum absolute atomic E-state index is 13.6. The number of halogens is 1. The van der Waals surface area contributed by atoms with Crippen LogP contribution in [0, 0.1) is 15.9 Å². The Morgan fingerprint density at radius 1 is 1.42 bits per heavy atom. The van der Waals surface area contributed by atoms with Crippen molar-refractivity contribution in [2.24, 2.45) is 0 Å². The molecule has 105 valence electrons. The van der Waals surface area contributed by atoms with E-state index in [0.717, 1.165) is 18.4 Å². The third kappa shape index (κ3) is 4.40. The largest absolute Gasteiger partial charge is 0.413 e. The minimum atomic E-state index is -0.968. The van der Waals surface area contributed by atoms with E-state index in [9.17, 15) is 14.5 Å². The zero-order valence-electron chi connectivity index (χ0n) is 11.5. The lowest BCUT2D eigenvalue weighted by Gasteiger charge is -2.12. The first-order chi connectivity index (χ1) is 8.97. The van der Waals surface area contributed by atoms with Gasteiger partial charge in [-0.2, -0.15) is 4.39 Å². The average Bonchev–Trinajstić information content (AvgIpc) is 2.34. The Balaban J connectivity index is 3.15. The summed E-state index contributed by atoms with van der Waals surface area (Å²) in [4.78, 5) is 10.4. The summed E-state index contributed by atoms with van der Waals surface area (Å²) in [6.07, 6.45) is 2.62. The highest BCUT2D eigenvalue weighted by atomic mass is 28.3. The van der Waals surface area contributed by atoms with E-state index in [1.165, 1.54) is 6.07 Å². The highest BCUT2D eigenvalue weighted by Crippen LogP contribution is 2.28. The first-order valence-electron chi connectivity index (χ1n) is 6.35. The number of nitro groups is 1. The lowest BCUT2D eigenvalue weighted by molar-refractivity contribution is -0.388. The number of benzene rings is 1. The molecule has 0 aliphatic rings. The fourth-order valence-electron chi connectivity index (χ4n) is 1.83. The number of rotatable bonds is 7. The third-order valence-corrected chi connectivity index (χ3v) is 3.54. The molecule has 0 aromatic heterocycles. The number of nitrogens with zero attached hydrogens (tertiary/aromatic N) is 1. The van der Waals surface area contributed by atoms with E-state index in [1.807, 2.05) is 20.0 Å². The molecule has 1 radical (unpaired) electrons. The van der Waals surface area contributed by atoms with Crippen LogP contribution in [0.1, 0.15) is 30.9 Å². The van der Waals surface area contributed by atoms with Gasteiger partial charge in [0.2, 0.25) is 14.9 Å². The van der Waals surface area contributed by atoms with Crippen molar-refractivity contribution in [1.29, 1.82) is 0 Å². The van der Waals surface area contributed by atoms with Gasteiger partial charge < -0.3 is 4.43 Å². The summed E-state index contributed by atoms with van der Waals surface area (Å²) in [6, 6.07) is 2.81. The van der Waals surface area contributed by atoms with E-state index >= 15 is 0 Å². The fourth-order valence-corrected chi connectivity index (χ4v) is 2.26. The molecular formula is C13H19FNO3Si. The SMILES string of the molecule is CCCCc1ccc(F)c([N+](=O)[O-])c1CO[Si](C)C. The Labute approximate surface area is 114 Å². The topological polar surface area (TPSA) is 52.4 Å². The Hall–Kier alpha value is -1.27. The molecule has 1 aromatic carbocycles. The van der Waals surface area contributed by atoms with Crippen molar-refractivity contribution < 1.29 is 13.7 Å². The molecule has 0 saturated carbocycles. The molecule has 1 rings (SSSR count). The summed E-state index contributed by atoms with van der Waals surface area (Å²) in [7, 11) is -0.968. The molecule has 0 N–H and O–H groups in total. The van der Waals surface area contributed by atoms with Crippen molar-refractivity contribution in [1.82, 2.24) is 0 Å².